The molecule has 0 amide bonds. The number of hydrogen-bond acceptors (Lipinski definition) is 5. The Morgan fingerprint density at radius 2 is 2.42 bits per heavy atom. The van der Waals surface area contributed by atoms with E-state index < -0.39 is 0 Å². The fourth-order valence-electron chi connectivity index (χ4n) is 1.82. The minimum atomic E-state index is 0.563. The minimum absolute atomic E-state index is 0.563. The number of imidazole rings is 1. The third kappa shape index (κ3) is 2.53. The van der Waals surface area contributed by atoms with Crippen LogP contribution in [0, 0.1) is 0 Å². The summed E-state index contributed by atoms with van der Waals surface area (Å²) >= 11 is 1.74. The molecule has 3 aromatic rings. The van der Waals surface area contributed by atoms with Crippen LogP contribution in [-0.2, 0) is 6.42 Å². The van der Waals surface area contributed by atoms with Crippen molar-refractivity contribution < 1.29 is 4.74 Å². The number of fused-ring (bicyclic) bond motifs is 1. The molecule has 0 aliphatic rings. The van der Waals surface area contributed by atoms with Crippen LogP contribution in [0.15, 0.2) is 36.1 Å². The van der Waals surface area contributed by atoms with Gasteiger partial charge in [0.15, 0.2) is 0 Å². The average Bonchev–Trinajstić information content (AvgIpc) is 3.08. The van der Waals surface area contributed by atoms with Gasteiger partial charge in [0, 0.05) is 30.7 Å². The molecule has 3 aromatic heterocycles. The molecule has 0 aliphatic heterocycles. The summed E-state index contributed by atoms with van der Waals surface area (Å²) in [6.45, 7) is 0.600. The number of anilines is 1. The summed E-state index contributed by atoms with van der Waals surface area (Å²) in [5.41, 5.74) is 0.741. The number of aromatic nitrogens is 3. The van der Waals surface area contributed by atoms with Crippen molar-refractivity contribution in [1.82, 2.24) is 14.4 Å². The Hall–Kier alpha value is -2.08. The van der Waals surface area contributed by atoms with E-state index in [2.05, 4.69) is 26.7 Å². The first-order valence-corrected chi connectivity index (χ1v) is 6.91. The fourth-order valence-corrected chi connectivity index (χ4v) is 2.51. The molecule has 0 fully saturated rings. The van der Waals surface area contributed by atoms with Gasteiger partial charge in [-0.05, 0) is 11.4 Å². The molecular formula is C13H14N4OS. The topological polar surface area (TPSA) is 51.5 Å². The summed E-state index contributed by atoms with van der Waals surface area (Å²) in [6, 6.07) is 4.16. The Balaban J connectivity index is 1.77. The molecule has 0 saturated carbocycles. The summed E-state index contributed by atoms with van der Waals surface area (Å²) in [5, 5.41) is 5.09. The Labute approximate surface area is 114 Å². The van der Waals surface area contributed by atoms with E-state index in [1.165, 1.54) is 4.88 Å². The zero-order chi connectivity index (χ0) is 13.1. The van der Waals surface area contributed by atoms with Crippen molar-refractivity contribution in [2.45, 2.75) is 6.42 Å². The van der Waals surface area contributed by atoms with Crippen molar-refractivity contribution in [1.29, 1.82) is 0 Å². The van der Waals surface area contributed by atoms with Crippen LogP contribution in [-0.4, -0.2) is 28.0 Å². The molecule has 0 radical (unpaired) electrons. The lowest BCUT2D eigenvalue weighted by atomic mass is 10.4. The van der Waals surface area contributed by atoms with Gasteiger partial charge in [-0.2, -0.15) is 4.98 Å². The maximum Gasteiger partial charge on any atom is 0.260 e. The number of thiophene rings is 1. The van der Waals surface area contributed by atoms with Crippen molar-refractivity contribution in [2.24, 2.45) is 0 Å². The van der Waals surface area contributed by atoms with Gasteiger partial charge in [0.2, 0.25) is 5.65 Å². The van der Waals surface area contributed by atoms with E-state index in [4.69, 9.17) is 4.74 Å². The lowest BCUT2D eigenvalue weighted by Gasteiger charge is -2.08. The largest absolute Gasteiger partial charge is 0.475 e. The molecule has 3 rings (SSSR count). The van der Waals surface area contributed by atoms with E-state index >= 15 is 0 Å². The Kier molecular flexibility index (Phi) is 3.33. The lowest BCUT2D eigenvalue weighted by Crippen LogP contribution is -2.05. The molecule has 6 heteroatoms. The van der Waals surface area contributed by atoms with Crippen LogP contribution in [0.1, 0.15) is 4.88 Å². The summed E-state index contributed by atoms with van der Waals surface area (Å²) < 4.78 is 7.67. The second kappa shape index (κ2) is 5.27. The van der Waals surface area contributed by atoms with Gasteiger partial charge < -0.3 is 10.1 Å². The summed E-state index contributed by atoms with van der Waals surface area (Å²) in [4.78, 5) is 9.97. The highest BCUT2D eigenvalue weighted by Crippen LogP contribution is 2.19. The maximum atomic E-state index is 5.77. The van der Waals surface area contributed by atoms with Crippen LogP contribution in [0.5, 0.6) is 5.88 Å². The third-order valence-corrected chi connectivity index (χ3v) is 3.70. The van der Waals surface area contributed by atoms with Crippen molar-refractivity contribution in [3.8, 4) is 5.88 Å². The fraction of sp³-hybridized carbons (Fsp3) is 0.231. The first-order valence-electron chi connectivity index (χ1n) is 6.03. The van der Waals surface area contributed by atoms with E-state index in [0.29, 0.717) is 12.5 Å². The Morgan fingerprint density at radius 1 is 1.47 bits per heavy atom. The van der Waals surface area contributed by atoms with Crippen LogP contribution < -0.4 is 10.1 Å². The Morgan fingerprint density at radius 3 is 3.21 bits per heavy atom. The van der Waals surface area contributed by atoms with Crippen molar-refractivity contribution >= 4 is 22.8 Å². The molecule has 0 saturated heterocycles. The first-order chi connectivity index (χ1) is 9.36. The summed E-state index contributed by atoms with van der Waals surface area (Å²) in [7, 11) is 1.83. The van der Waals surface area contributed by atoms with Crippen LogP contribution in [0.2, 0.25) is 0 Å². The standard InChI is InChI=1S/C13H14N4OS/c1-14-11-9-17-6-5-15-12(17)13(16-11)18-7-4-10-3-2-8-19-10/h2-3,5-6,8-9,14H,4,7H2,1H3. The highest BCUT2D eigenvalue weighted by Gasteiger charge is 2.08. The summed E-state index contributed by atoms with van der Waals surface area (Å²) in [5.74, 6) is 1.32. The van der Waals surface area contributed by atoms with Gasteiger partial charge in [0.05, 0.1) is 12.8 Å². The molecule has 0 aliphatic carbocycles. The molecular weight excluding hydrogens is 260 g/mol. The zero-order valence-electron chi connectivity index (χ0n) is 10.5. The van der Waals surface area contributed by atoms with Gasteiger partial charge in [0.25, 0.3) is 5.88 Å². The van der Waals surface area contributed by atoms with Crippen molar-refractivity contribution in [3.63, 3.8) is 0 Å². The number of rotatable bonds is 5. The number of nitrogens with one attached hydrogen (secondary N) is 1. The molecule has 0 atom stereocenters. The van der Waals surface area contributed by atoms with E-state index in [0.717, 1.165) is 17.9 Å². The second-order valence-corrected chi connectivity index (χ2v) is 5.05. The number of nitrogens with zero attached hydrogens (tertiary/aromatic N) is 3. The van der Waals surface area contributed by atoms with Crippen molar-refractivity contribution in [3.05, 3.63) is 41.0 Å². The summed E-state index contributed by atoms with van der Waals surface area (Å²) in [6.07, 6.45) is 6.39. The van der Waals surface area contributed by atoms with Crippen LogP contribution in [0.4, 0.5) is 5.82 Å². The molecule has 0 bridgehead atoms. The van der Waals surface area contributed by atoms with Crippen LogP contribution in [0.25, 0.3) is 5.65 Å². The quantitative estimate of drug-likeness (QED) is 0.776. The normalized spacial score (nSPS) is 10.8. The van der Waals surface area contributed by atoms with Crippen molar-refractivity contribution in [2.75, 3.05) is 19.0 Å². The molecule has 3 heterocycles. The van der Waals surface area contributed by atoms with Gasteiger partial charge in [-0.25, -0.2) is 4.98 Å². The van der Waals surface area contributed by atoms with E-state index in [-0.39, 0.29) is 0 Å². The monoisotopic (exact) mass is 274 g/mol. The van der Waals surface area contributed by atoms with Gasteiger partial charge in [-0.3, -0.25) is 4.40 Å². The highest BCUT2D eigenvalue weighted by atomic mass is 32.1. The maximum absolute atomic E-state index is 5.77. The molecule has 19 heavy (non-hydrogen) atoms. The van der Waals surface area contributed by atoms with E-state index in [1.54, 1.807) is 17.5 Å². The number of ether oxygens (including phenoxy) is 1. The average molecular weight is 274 g/mol. The van der Waals surface area contributed by atoms with Gasteiger partial charge in [-0.15, -0.1) is 11.3 Å². The molecule has 98 valence electrons. The zero-order valence-corrected chi connectivity index (χ0v) is 11.4. The predicted octanol–water partition coefficient (Wildman–Crippen LogP) is 2.45. The molecule has 1 N–H and O–H groups in total. The first kappa shape index (κ1) is 12.0. The van der Waals surface area contributed by atoms with Crippen LogP contribution >= 0.6 is 11.3 Å². The van der Waals surface area contributed by atoms with Gasteiger partial charge in [-0.1, -0.05) is 6.07 Å². The molecule has 0 spiro atoms. The van der Waals surface area contributed by atoms with Gasteiger partial charge in [0.1, 0.15) is 5.82 Å². The number of hydrogen-bond donors (Lipinski definition) is 1. The van der Waals surface area contributed by atoms with E-state index in [9.17, 15) is 0 Å². The lowest BCUT2D eigenvalue weighted by molar-refractivity contribution is 0.313. The second-order valence-electron chi connectivity index (χ2n) is 4.02. The molecule has 0 unspecified atom stereocenters. The minimum Gasteiger partial charge on any atom is -0.475 e. The highest BCUT2D eigenvalue weighted by molar-refractivity contribution is 7.09. The predicted molar refractivity (Wildman–Crippen MR) is 76.1 cm³/mol. The van der Waals surface area contributed by atoms with Crippen LogP contribution in [0.3, 0.4) is 0 Å². The molecule has 5 nitrogen and oxygen atoms in total. The Bertz CT molecular complexity index is 662. The third-order valence-electron chi connectivity index (χ3n) is 2.77. The van der Waals surface area contributed by atoms with Gasteiger partial charge >= 0.3 is 0 Å². The van der Waals surface area contributed by atoms with E-state index in [1.807, 2.05) is 29.9 Å². The molecule has 0 aromatic carbocycles. The smallest absolute Gasteiger partial charge is 0.260 e. The SMILES string of the molecule is CNc1cn2ccnc2c(OCCc2cccs2)n1.